The van der Waals surface area contributed by atoms with Crippen LogP contribution in [0.15, 0.2) is 36.4 Å². The molecule has 2 rings (SSSR count). The van der Waals surface area contributed by atoms with Crippen molar-refractivity contribution in [2.24, 2.45) is 0 Å². The quantitative estimate of drug-likeness (QED) is 0.652. The monoisotopic (exact) mass is 341 g/mol. The van der Waals surface area contributed by atoms with Gasteiger partial charge in [-0.2, -0.15) is 0 Å². The van der Waals surface area contributed by atoms with Gasteiger partial charge in [-0.3, -0.25) is 8.32 Å². The van der Waals surface area contributed by atoms with Crippen molar-refractivity contribution in [3.05, 3.63) is 47.5 Å². The molecule has 0 fully saturated rings. The molecule has 0 aliphatic rings. The maximum Gasteiger partial charge on any atom is 0.336 e. The summed E-state index contributed by atoms with van der Waals surface area (Å²) in [6, 6.07) is 10.1. The summed E-state index contributed by atoms with van der Waals surface area (Å²) in [4.78, 5) is 22.8. The Morgan fingerprint density at radius 1 is 1.06 bits per heavy atom. The van der Waals surface area contributed by atoms with Gasteiger partial charge in [0.25, 0.3) is 5.91 Å². The van der Waals surface area contributed by atoms with Crippen LogP contribution >= 0.6 is 22.9 Å². The van der Waals surface area contributed by atoms with E-state index in [0.29, 0.717) is 10.9 Å². The Balaban J connectivity index is 2.85. The van der Waals surface area contributed by atoms with Gasteiger partial charge in [-0.15, -0.1) is 0 Å². The lowest BCUT2D eigenvalue weighted by Crippen LogP contribution is -2.13. The summed E-state index contributed by atoms with van der Waals surface area (Å²) in [5, 5.41) is 10.3. The molecule has 0 heterocycles. The summed E-state index contributed by atoms with van der Waals surface area (Å²) < 4.78 is 2.48. The second kappa shape index (κ2) is 4.70. The molecule has 86 valence electrons. The first kappa shape index (κ1) is 11.8. The van der Waals surface area contributed by atoms with Crippen LogP contribution in [0.25, 0.3) is 10.8 Å². The third kappa shape index (κ3) is 2.10. The number of carbonyl (C=O) groups excluding carboxylic acids is 1. The first-order valence-corrected chi connectivity index (χ1v) is 5.89. The standard InChI is InChI=1S/C12H8INO3/c13-14-11(15)8-5-1-3-7-4-2-6-9(10(7)8)12(16)17/h1-6H,(H,14,15)(H,16,17). The fourth-order valence-electron chi connectivity index (χ4n) is 1.76. The van der Waals surface area contributed by atoms with Crippen molar-refractivity contribution in [1.82, 2.24) is 3.53 Å². The number of carboxylic acids is 1. The SMILES string of the molecule is O=C(O)c1cccc2cccc(C(=O)NI)c12. The molecule has 0 saturated heterocycles. The van der Waals surface area contributed by atoms with Crippen LogP contribution in [-0.4, -0.2) is 17.0 Å². The second-order valence-electron chi connectivity index (χ2n) is 3.44. The third-order valence-corrected chi connectivity index (χ3v) is 2.96. The van der Waals surface area contributed by atoms with Crippen LogP contribution in [0.1, 0.15) is 20.7 Å². The fourth-order valence-corrected chi connectivity index (χ4v) is 2.05. The van der Waals surface area contributed by atoms with Gasteiger partial charge in [0.2, 0.25) is 0 Å². The Hall–Kier alpha value is -1.63. The average Bonchev–Trinajstić information content (AvgIpc) is 2.36. The minimum absolute atomic E-state index is 0.137. The normalized spacial score (nSPS) is 10.2. The molecule has 2 aromatic rings. The Morgan fingerprint density at radius 3 is 2.18 bits per heavy atom. The molecule has 17 heavy (non-hydrogen) atoms. The summed E-state index contributed by atoms with van der Waals surface area (Å²) in [6.45, 7) is 0. The van der Waals surface area contributed by atoms with E-state index >= 15 is 0 Å². The van der Waals surface area contributed by atoms with E-state index in [9.17, 15) is 9.59 Å². The summed E-state index contributed by atoms with van der Waals surface area (Å²) >= 11 is 1.73. The molecule has 2 N–H and O–H groups in total. The van der Waals surface area contributed by atoms with Crippen molar-refractivity contribution >= 4 is 45.5 Å². The first-order chi connectivity index (χ1) is 8.15. The zero-order chi connectivity index (χ0) is 12.4. The summed E-state index contributed by atoms with van der Waals surface area (Å²) in [5.74, 6) is -1.34. The van der Waals surface area contributed by atoms with Crippen molar-refractivity contribution in [3.63, 3.8) is 0 Å². The zero-order valence-corrected chi connectivity index (χ0v) is 10.8. The maximum atomic E-state index is 11.7. The molecule has 5 heteroatoms. The highest BCUT2D eigenvalue weighted by Gasteiger charge is 2.15. The van der Waals surface area contributed by atoms with Gasteiger partial charge in [-0.05, 0) is 17.5 Å². The van der Waals surface area contributed by atoms with E-state index < -0.39 is 5.97 Å². The predicted octanol–water partition coefficient (Wildman–Crippen LogP) is 2.62. The number of hydrogen-bond donors (Lipinski definition) is 2. The second-order valence-corrected chi connectivity index (χ2v) is 3.98. The summed E-state index contributed by atoms with van der Waals surface area (Å²) in [5.41, 5.74) is 0.507. The lowest BCUT2D eigenvalue weighted by Gasteiger charge is -2.07. The number of rotatable bonds is 2. The molecule has 4 nitrogen and oxygen atoms in total. The molecular weight excluding hydrogens is 333 g/mol. The van der Waals surface area contributed by atoms with Crippen molar-refractivity contribution in [1.29, 1.82) is 0 Å². The Morgan fingerprint density at radius 2 is 1.65 bits per heavy atom. The van der Waals surface area contributed by atoms with Gasteiger partial charge in [-0.1, -0.05) is 24.3 Å². The van der Waals surface area contributed by atoms with Gasteiger partial charge in [0.15, 0.2) is 0 Å². The Labute approximate surface area is 111 Å². The molecule has 0 saturated carbocycles. The first-order valence-electron chi connectivity index (χ1n) is 4.81. The summed E-state index contributed by atoms with van der Waals surface area (Å²) in [6.07, 6.45) is 0. The van der Waals surface area contributed by atoms with Crippen molar-refractivity contribution in [3.8, 4) is 0 Å². The number of amides is 1. The maximum absolute atomic E-state index is 11.7. The van der Waals surface area contributed by atoms with Gasteiger partial charge in [-0.25, -0.2) is 4.79 Å². The van der Waals surface area contributed by atoms with Gasteiger partial charge >= 0.3 is 5.97 Å². The van der Waals surface area contributed by atoms with Gasteiger partial charge < -0.3 is 5.11 Å². The lowest BCUT2D eigenvalue weighted by atomic mass is 9.99. The van der Waals surface area contributed by atoms with Gasteiger partial charge in [0, 0.05) is 10.9 Å². The van der Waals surface area contributed by atoms with E-state index in [4.69, 9.17) is 5.11 Å². The summed E-state index contributed by atoms with van der Waals surface area (Å²) in [7, 11) is 0. The topological polar surface area (TPSA) is 66.4 Å². The minimum Gasteiger partial charge on any atom is -0.478 e. The molecule has 0 aromatic heterocycles. The van der Waals surface area contributed by atoms with Crippen LogP contribution in [0.4, 0.5) is 0 Å². The van der Waals surface area contributed by atoms with Gasteiger partial charge in [0.1, 0.15) is 0 Å². The van der Waals surface area contributed by atoms with E-state index in [1.165, 1.54) is 6.07 Å². The molecule has 0 atom stereocenters. The number of fused-ring (bicyclic) bond motifs is 1. The predicted molar refractivity (Wildman–Crippen MR) is 72.4 cm³/mol. The Bertz CT molecular complexity index is 604. The van der Waals surface area contributed by atoms with E-state index in [2.05, 4.69) is 3.53 Å². The number of aromatic carboxylic acids is 1. The van der Waals surface area contributed by atoms with E-state index in [-0.39, 0.29) is 11.5 Å². The van der Waals surface area contributed by atoms with Crippen LogP contribution < -0.4 is 3.53 Å². The lowest BCUT2D eigenvalue weighted by molar-refractivity contribution is 0.0699. The van der Waals surface area contributed by atoms with Crippen molar-refractivity contribution in [2.75, 3.05) is 0 Å². The fraction of sp³-hybridized carbons (Fsp3) is 0. The zero-order valence-electron chi connectivity index (χ0n) is 8.61. The van der Waals surface area contributed by atoms with E-state index in [1.807, 2.05) is 0 Å². The van der Waals surface area contributed by atoms with Crippen LogP contribution in [0, 0.1) is 0 Å². The highest BCUT2D eigenvalue weighted by Crippen LogP contribution is 2.23. The molecule has 0 unspecified atom stereocenters. The van der Waals surface area contributed by atoms with Crippen LogP contribution in [-0.2, 0) is 0 Å². The minimum atomic E-state index is -1.04. The highest BCUT2D eigenvalue weighted by atomic mass is 127. The highest BCUT2D eigenvalue weighted by molar-refractivity contribution is 14.1. The number of nitrogens with one attached hydrogen (secondary N) is 1. The van der Waals surface area contributed by atoms with Crippen molar-refractivity contribution in [2.45, 2.75) is 0 Å². The molecule has 0 radical (unpaired) electrons. The smallest absolute Gasteiger partial charge is 0.336 e. The average molecular weight is 341 g/mol. The molecule has 0 bridgehead atoms. The Kier molecular flexibility index (Phi) is 3.28. The third-order valence-electron chi connectivity index (χ3n) is 2.47. The van der Waals surface area contributed by atoms with Crippen LogP contribution in [0.5, 0.6) is 0 Å². The molecule has 0 spiro atoms. The number of carbonyl (C=O) groups is 2. The molecule has 0 aliphatic carbocycles. The number of benzene rings is 2. The molecular formula is C12H8INO3. The van der Waals surface area contributed by atoms with Gasteiger partial charge in [0.05, 0.1) is 28.4 Å². The van der Waals surface area contributed by atoms with E-state index in [1.54, 1.807) is 53.2 Å². The van der Waals surface area contributed by atoms with Crippen molar-refractivity contribution < 1.29 is 14.7 Å². The number of carboxylic acid groups (broad SMARTS) is 1. The van der Waals surface area contributed by atoms with Crippen LogP contribution in [0.3, 0.4) is 0 Å². The largest absolute Gasteiger partial charge is 0.478 e. The van der Waals surface area contributed by atoms with E-state index in [0.717, 1.165) is 5.39 Å². The molecule has 2 aromatic carbocycles. The molecule has 0 aliphatic heterocycles. The number of hydrogen-bond acceptors (Lipinski definition) is 2. The number of halogens is 1. The van der Waals surface area contributed by atoms with Crippen LogP contribution in [0.2, 0.25) is 0 Å². The molecule has 1 amide bonds.